The first-order valence-electron chi connectivity index (χ1n) is 4.74. The highest BCUT2D eigenvalue weighted by Gasteiger charge is 2.04. The van der Waals surface area contributed by atoms with Crippen LogP contribution in [0.25, 0.3) is 5.69 Å². The average molecular weight is 222 g/mol. The molecule has 0 saturated carbocycles. The first-order valence-corrected chi connectivity index (χ1v) is 5.12. The fraction of sp³-hybridized carbons (Fsp3) is 0.182. The topological polar surface area (TPSA) is 29.9 Å². The Hall–Kier alpha value is -1.32. The lowest BCUT2D eigenvalue weighted by molar-refractivity contribution is 0.789. The van der Waals surface area contributed by atoms with Gasteiger partial charge >= 0.3 is 0 Å². The number of para-hydroxylation sites is 1. The maximum Gasteiger partial charge on any atom is 0.0790 e. The monoisotopic (exact) mass is 221 g/mol. The van der Waals surface area contributed by atoms with Crippen LogP contribution < -0.4 is 5.32 Å². The Kier molecular flexibility index (Phi) is 3.04. The molecule has 0 aliphatic rings. The van der Waals surface area contributed by atoms with Gasteiger partial charge in [0.15, 0.2) is 0 Å². The van der Waals surface area contributed by atoms with Crippen LogP contribution in [0.15, 0.2) is 36.7 Å². The molecule has 0 spiro atoms. The fourth-order valence-electron chi connectivity index (χ4n) is 1.51. The second-order valence-electron chi connectivity index (χ2n) is 3.26. The Morgan fingerprint density at radius 1 is 1.40 bits per heavy atom. The SMILES string of the molecule is CNCc1ccccc1-n1cc(Cl)cn1. The zero-order valence-electron chi connectivity index (χ0n) is 8.44. The summed E-state index contributed by atoms with van der Waals surface area (Å²) in [5.41, 5.74) is 2.25. The van der Waals surface area contributed by atoms with Gasteiger partial charge in [0.1, 0.15) is 0 Å². The molecule has 0 radical (unpaired) electrons. The van der Waals surface area contributed by atoms with Crippen molar-refractivity contribution in [3.63, 3.8) is 0 Å². The molecule has 2 rings (SSSR count). The molecule has 1 N–H and O–H groups in total. The van der Waals surface area contributed by atoms with Gasteiger partial charge in [-0.25, -0.2) is 4.68 Å². The molecule has 0 amide bonds. The average Bonchev–Trinajstić information content (AvgIpc) is 2.66. The van der Waals surface area contributed by atoms with Crippen molar-refractivity contribution in [2.24, 2.45) is 0 Å². The quantitative estimate of drug-likeness (QED) is 0.862. The van der Waals surface area contributed by atoms with Crippen molar-refractivity contribution in [2.45, 2.75) is 6.54 Å². The summed E-state index contributed by atoms with van der Waals surface area (Å²) in [6, 6.07) is 8.10. The van der Waals surface area contributed by atoms with Gasteiger partial charge in [-0.05, 0) is 18.7 Å². The Morgan fingerprint density at radius 2 is 2.20 bits per heavy atom. The number of aromatic nitrogens is 2. The Balaban J connectivity index is 2.42. The van der Waals surface area contributed by atoms with Gasteiger partial charge in [-0.3, -0.25) is 0 Å². The van der Waals surface area contributed by atoms with Crippen molar-refractivity contribution < 1.29 is 0 Å². The summed E-state index contributed by atoms with van der Waals surface area (Å²) in [4.78, 5) is 0. The first-order chi connectivity index (χ1) is 7.31. The zero-order valence-corrected chi connectivity index (χ0v) is 9.20. The standard InChI is InChI=1S/C11H12ClN3/c1-13-6-9-4-2-3-5-11(9)15-8-10(12)7-14-15/h2-5,7-8,13H,6H2,1H3. The summed E-state index contributed by atoms with van der Waals surface area (Å²) in [6.07, 6.45) is 3.44. The van der Waals surface area contributed by atoms with E-state index in [4.69, 9.17) is 11.6 Å². The summed E-state index contributed by atoms with van der Waals surface area (Å²) < 4.78 is 1.79. The van der Waals surface area contributed by atoms with E-state index in [1.165, 1.54) is 5.56 Å². The van der Waals surface area contributed by atoms with Crippen molar-refractivity contribution in [1.82, 2.24) is 15.1 Å². The molecule has 3 nitrogen and oxygen atoms in total. The normalized spacial score (nSPS) is 10.5. The molecule has 0 saturated heterocycles. The van der Waals surface area contributed by atoms with E-state index in [0.29, 0.717) is 5.02 Å². The lowest BCUT2D eigenvalue weighted by Gasteiger charge is -2.08. The molecule has 1 heterocycles. The third-order valence-corrected chi connectivity index (χ3v) is 2.35. The highest BCUT2D eigenvalue weighted by molar-refractivity contribution is 6.30. The van der Waals surface area contributed by atoms with Crippen molar-refractivity contribution in [1.29, 1.82) is 0 Å². The molecular weight excluding hydrogens is 210 g/mol. The first kappa shape index (κ1) is 10.2. The minimum absolute atomic E-state index is 0.647. The lowest BCUT2D eigenvalue weighted by atomic mass is 10.2. The van der Waals surface area contributed by atoms with Gasteiger partial charge in [-0.1, -0.05) is 29.8 Å². The lowest BCUT2D eigenvalue weighted by Crippen LogP contribution is -2.09. The third kappa shape index (κ3) is 2.19. The predicted molar refractivity (Wildman–Crippen MR) is 61.3 cm³/mol. The van der Waals surface area contributed by atoms with E-state index < -0.39 is 0 Å². The van der Waals surface area contributed by atoms with Crippen molar-refractivity contribution >= 4 is 11.6 Å². The number of halogens is 1. The number of benzene rings is 1. The molecule has 0 bridgehead atoms. The van der Waals surface area contributed by atoms with Crippen LogP contribution in [-0.4, -0.2) is 16.8 Å². The summed E-state index contributed by atoms with van der Waals surface area (Å²) in [5.74, 6) is 0. The molecule has 2 aromatic rings. The number of hydrogen-bond donors (Lipinski definition) is 1. The van der Waals surface area contributed by atoms with Gasteiger partial charge in [0, 0.05) is 12.7 Å². The van der Waals surface area contributed by atoms with Gasteiger partial charge in [0.25, 0.3) is 0 Å². The summed E-state index contributed by atoms with van der Waals surface area (Å²) in [7, 11) is 1.92. The summed E-state index contributed by atoms with van der Waals surface area (Å²) in [5, 5.41) is 7.96. The van der Waals surface area contributed by atoms with Crippen LogP contribution in [0.1, 0.15) is 5.56 Å². The maximum atomic E-state index is 5.84. The number of nitrogens with zero attached hydrogens (tertiary/aromatic N) is 2. The van der Waals surface area contributed by atoms with Gasteiger partial charge in [0.2, 0.25) is 0 Å². The third-order valence-electron chi connectivity index (χ3n) is 2.16. The van der Waals surface area contributed by atoms with Crippen molar-refractivity contribution in [3.05, 3.63) is 47.2 Å². The van der Waals surface area contributed by atoms with Crippen LogP contribution in [0.4, 0.5) is 0 Å². The zero-order chi connectivity index (χ0) is 10.7. The smallest absolute Gasteiger partial charge is 0.0790 e. The van der Waals surface area contributed by atoms with Crippen LogP contribution in [0.5, 0.6) is 0 Å². The molecule has 1 aromatic heterocycles. The van der Waals surface area contributed by atoms with E-state index in [9.17, 15) is 0 Å². The van der Waals surface area contributed by atoms with Gasteiger partial charge in [0.05, 0.1) is 16.9 Å². The van der Waals surface area contributed by atoms with E-state index in [-0.39, 0.29) is 0 Å². The molecule has 0 fully saturated rings. The highest BCUT2D eigenvalue weighted by Crippen LogP contribution is 2.15. The number of hydrogen-bond acceptors (Lipinski definition) is 2. The van der Waals surface area contributed by atoms with Crippen LogP contribution >= 0.6 is 11.6 Å². The molecule has 1 aromatic carbocycles. The van der Waals surface area contributed by atoms with Gasteiger partial charge < -0.3 is 5.32 Å². The summed E-state index contributed by atoms with van der Waals surface area (Å²) in [6.45, 7) is 0.813. The van der Waals surface area contributed by atoms with Gasteiger partial charge in [-0.2, -0.15) is 5.10 Å². The van der Waals surface area contributed by atoms with E-state index >= 15 is 0 Å². The highest BCUT2D eigenvalue weighted by atomic mass is 35.5. The van der Waals surface area contributed by atoms with E-state index in [2.05, 4.69) is 16.5 Å². The van der Waals surface area contributed by atoms with Crippen LogP contribution in [0, 0.1) is 0 Å². The van der Waals surface area contributed by atoms with Crippen molar-refractivity contribution in [3.8, 4) is 5.69 Å². The largest absolute Gasteiger partial charge is 0.316 e. The molecular formula is C11H12ClN3. The second-order valence-corrected chi connectivity index (χ2v) is 3.70. The molecule has 78 valence electrons. The van der Waals surface area contributed by atoms with E-state index in [0.717, 1.165) is 12.2 Å². The van der Waals surface area contributed by atoms with Gasteiger partial charge in [-0.15, -0.1) is 0 Å². The van der Waals surface area contributed by atoms with Crippen LogP contribution in [0.3, 0.4) is 0 Å². The predicted octanol–water partition coefficient (Wildman–Crippen LogP) is 2.25. The minimum Gasteiger partial charge on any atom is -0.316 e. The Labute approximate surface area is 93.7 Å². The molecule has 4 heteroatoms. The van der Waals surface area contributed by atoms with Crippen molar-refractivity contribution in [2.75, 3.05) is 7.05 Å². The Bertz CT molecular complexity index is 451. The molecule has 0 aliphatic carbocycles. The van der Waals surface area contributed by atoms with Crippen LogP contribution in [0.2, 0.25) is 5.02 Å². The van der Waals surface area contributed by atoms with E-state index in [1.54, 1.807) is 17.1 Å². The molecule has 0 atom stereocenters. The maximum absolute atomic E-state index is 5.84. The minimum atomic E-state index is 0.647. The van der Waals surface area contributed by atoms with E-state index in [1.807, 2.05) is 25.2 Å². The molecule has 0 aliphatic heterocycles. The molecule has 0 unspecified atom stereocenters. The van der Waals surface area contributed by atoms with Crippen LogP contribution in [-0.2, 0) is 6.54 Å². The number of nitrogens with one attached hydrogen (secondary N) is 1. The second kappa shape index (κ2) is 4.47. The fourth-order valence-corrected chi connectivity index (χ4v) is 1.64. The number of rotatable bonds is 3. The molecule has 15 heavy (non-hydrogen) atoms. The summed E-state index contributed by atoms with van der Waals surface area (Å²) >= 11 is 5.84. The Morgan fingerprint density at radius 3 is 2.87 bits per heavy atom.